The van der Waals surface area contributed by atoms with Crippen LogP contribution >= 0.6 is 0 Å². The first-order valence-electron chi connectivity index (χ1n) is 8.34. The quantitative estimate of drug-likeness (QED) is 0.793. The third-order valence-corrected chi connectivity index (χ3v) is 4.47. The molecule has 1 aromatic heterocycles. The van der Waals surface area contributed by atoms with Gasteiger partial charge in [0.2, 0.25) is 17.5 Å². The Labute approximate surface area is 147 Å². The summed E-state index contributed by atoms with van der Waals surface area (Å²) in [5.74, 6) is 3.25. The lowest BCUT2D eigenvalue weighted by molar-refractivity contribution is 0.0627. The molecule has 3 rings (SSSR count). The van der Waals surface area contributed by atoms with Gasteiger partial charge in [0.05, 0.1) is 33.4 Å². The monoisotopic (exact) mass is 348 g/mol. The molecule has 1 aliphatic rings. The summed E-state index contributed by atoms with van der Waals surface area (Å²) in [6.07, 6.45) is 0.993. The molecule has 2 atom stereocenters. The molecule has 7 nitrogen and oxygen atoms in total. The maximum Gasteiger partial charge on any atom is 0.232 e. The summed E-state index contributed by atoms with van der Waals surface area (Å²) in [4.78, 5) is 4.59. The number of aromatic nitrogens is 2. The van der Waals surface area contributed by atoms with Gasteiger partial charge in [-0.15, -0.1) is 0 Å². The highest BCUT2D eigenvalue weighted by Crippen LogP contribution is 2.41. The molecule has 0 spiro atoms. The predicted molar refractivity (Wildman–Crippen MR) is 91.3 cm³/mol. The number of hydrogen-bond donors (Lipinski definition) is 0. The first-order valence-corrected chi connectivity index (χ1v) is 8.34. The van der Waals surface area contributed by atoms with Crippen LogP contribution in [0.15, 0.2) is 16.7 Å². The van der Waals surface area contributed by atoms with E-state index in [1.165, 1.54) is 0 Å². The van der Waals surface area contributed by atoms with Crippen LogP contribution in [0.25, 0.3) is 11.4 Å². The Balaban J connectivity index is 1.95. The molecular formula is C18H24N2O5. The van der Waals surface area contributed by atoms with Crippen molar-refractivity contribution in [1.82, 2.24) is 10.1 Å². The molecule has 1 fully saturated rings. The molecule has 0 aliphatic carbocycles. The van der Waals surface area contributed by atoms with E-state index in [-0.39, 0.29) is 12.0 Å². The van der Waals surface area contributed by atoms with Crippen molar-refractivity contribution in [3.8, 4) is 28.6 Å². The second-order valence-electron chi connectivity index (χ2n) is 6.34. The zero-order valence-electron chi connectivity index (χ0n) is 15.2. The number of benzene rings is 1. The maximum atomic E-state index is 5.82. The SMILES string of the molecule is COc1cc(-c2noc([C@H]3CCO[C@@H]3C(C)C)n2)cc(OC)c1OC. The van der Waals surface area contributed by atoms with Gasteiger partial charge < -0.3 is 23.5 Å². The van der Waals surface area contributed by atoms with Crippen molar-refractivity contribution in [2.75, 3.05) is 27.9 Å². The summed E-state index contributed by atoms with van der Waals surface area (Å²) in [7, 11) is 4.72. The van der Waals surface area contributed by atoms with Crippen molar-refractivity contribution in [2.24, 2.45) is 5.92 Å². The van der Waals surface area contributed by atoms with Gasteiger partial charge in [0, 0.05) is 12.2 Å². The molecule has 0 radical (unpaired) electrons. The lowest BCUT2D eigenvalue weighted by Crippen LogP contribution is -2.21. The Kier molecular flexibility index (Phi) is 5.13. The Bertz CT molecular complexity index is 703. The van der Waals surface area contributed by atoms with Crippen LogP contribution in [0, 0.1) is 5.92 Å². The van der Waals surface area contributed by atoms with Crippen molar-refractivity contribution >= 4 is 0 Å². The molecular weight excluding hydrogens is 324 g/mol. The third kappa shape index (κ3) is 3.28. The predicted octanol–water partition coefficient (Wildman–Crippen LogP) is 3.29. The topological polar surface area (TPSA) is 75.8 Å². The second-order valence-corrected chi connectivity index (χ2v) is 6.34. The van der Waals surface area contributed by atoms with Crippen LogP contribution in [0.1, 0.15) is 32.1 Å². The zero-order valence-corrected chi connectivity index (χ0v) is 15.2. The largest absolute Gasteiger partial charge is 0.493 e. The van der Waals surface area contributed by atoms with Gasteiger partial charge in [-0.05, 0) is 24.5 Å². The van der Waals surface area contributed by atoms with Gasteiger partial charge in [0.15, 0.2) is 11.5 Å². The lowest BCUT2D eigenvalue weighted by atomic mass is 9.93. The molecule has 0 N–H and O–H groups in total. The number of nitrogens with zero attached hydrogens (tertiary/aromatic N) is 2. The van der Waals surface area contributed by atoms with E-state index in [1.54, 1.807) is 33.5 Å². The third-order valence-electron chi connectivity index (χ3n) is 4.47. The van der Waals surface area contributed by atoms with E-state index in [9.17, 15) is 0 Å². The first kappa shape index (κ1) is 17.5. The molecule has 1 saturated heterocycles. The van der Waals surface area contributed by atoms with E-state index in [4.69, 9.17) is 23.5 Å². The molecule has 0 saturated carbocycles. The van der Waals surface area contributed by atoms with Crippen LogP contribution in [0.2, 0.25) is 0 Å². The molecule has 0 unspecified atom stereocenters. The average molecular weight is 348 g/mol. The van der Waals surface area contributed by atoms with E-state index in [2.05, 4.69) is 24.0 Å². The van der Waals surface area contributed by atoms with Crippen LogP contribution in [-0.4, -0.2) is 44.2 Å². The van der Waals surface area contributed by atoms with Crippen LogP contribution < -0.4 is 14.2 Å². The Hall–Kier alpha value is -2.28. The molecule has 25 heavy (non-hydrogen) atoms. The molecule has 7 heteroatoms. The summed E-state index contributed by atoms with van der Waals surface area (Å²) >= 11 is 0. The average Bonchev–Trinajstić information content (AvgIpc) is 3.28. The van der Waals surface area contributed by atoms with Crippen molar-refractivity contribution < 1.29 is 23.5 Å². The molecule has 0 amide bonds. The van der Waals surface area contributed by atoms with Gasteiger partial charge in [0.1, 0.15) is 0 Å². The van der Waals surface area contributed by atoms with E-state index in [0.29, 0.717) is 34.9 Å². The fraction of sp³-hybridized carbons (Fsp3) is 0.556. The number of hydrogen-bond acceptors (Lipinski definition) is 7. The van der Waals surface area contributed by atoms with Gasteiger partial charge in [-0.1, -0.05) is 19.0 Å². The second kappa shape index (κ2) is 7.31. The lowest BCUT2D eigenvalue weighted by Gasteiger charge is -2.18. The van der Waals surface area contributed by atoms with E-state index >= 15 is 0 Å². The van der Waals surface area contributed by atoms with E-state index < -0.39 is 0 Å². The van der Waals surface area contributed by atoms with Crippen LogP contribution in [0.4, 0.5) is 0 Å². The Morgan fingerprint density at radius 1 is 1.08 bits per heavy atom. The zero-order chi connectivity index (χ0) is 18.0. The van der Waals surface area contributed by atoms with Crippen molar-refractivity contribution in [3.05, 3.63) is 18.0 Å². The fourth-order valence-corrected chi connectivity index (χ4v) is 3.25. The first-order chi connectivity index (χ1) is 12.1. The minimum Gasteiger partial charge on any atom is -0.493 e. The molecule has 1 aliphatic heterocycles. The van der Waals surface area contributed by atoms with E-state index in [0.717, 1.165) is 18.6 Å². The summed E-state index contributed by atoms with van der Waals surface area (Å²) in [6.45, 7) is 4.99. The smallest absolute Gasteiger partial charge is 0.232 e. The van der Waals surface area contributed by atoms with E-state index in [1.807, 2.05) is 0 Å². The van der Waals surface area contributed by atoms with Crippen LogP contribution in [-0.2, 0) is 4.74 Å². The minimum absolute atomic E-state index is 0.105. The van der Waals surface area contributed by atoms with Gasteiger partial charge in [-0.3, -0.25) is 0 Å². The van der Waals surface area contributed by atoms with Crippen LogP contribution in [0.3, 0.4) is 0 Å². The van der Waals surface area contributed by atoms with Gasteiger partial charge in [0.25, 0.3) is 0 Å². The Morgan fingerprint density at radius 2 is 1.76 bits per heavy atom. The molecule has 2 aromatic rings. The standard InChI is InChI=1S/C18H24N2O5/c1-10(2)15-12(6-7-24-15)18-19-17(20-25-18)11-8-13(21-3)16(23-5)14(9-11)22-4/h8-10,12,15H,6-7H2,1-5H3/t12-,15+/m0/s1. The fourth-order valence-electron chi connectivity index (χ4n) is 3.25. The van der Waals surface area contributed by atoms with Crippen molar-refractivity contribution in [3.63, 3.8) is 0 Å². The summed E-state index contributed by atoms with van der Waals surface area (Å²) in [5.41, 5.74) is 0.740. The maximum absolute atomic E-state index is 5.82. The van der Waals surface area contributed by atoms with Crippen molar-refractivity contribution in [1.29, 1.82) is 0 Å². The number of methoxy groups -OCH3 is 3. The highest BCUT2D eigenvalue weighted by atomic mass is 16.5. The molecule has 0 bridgehead atoms. The van der Waals surface area contributed by atoms with Gasteiger partial charge >= 0.3 is 0 Å². The van der Waals surface area contributed by atoms with Crippen molar-refractivity contribution in [2.45, 2.75) is 32.3 Å². The van der Waals surface area contributed by atoms with Crippen LogP contribution in [0.5, 0.6) is 17.2 Å². The summed E-state index contributed by atoms with van der Waals surface area (Å²) < 4.78 is 27.5. The number of ether oxygens (including phenoxy) is 4. The van der Waals surface area contributed by atoms with Gasteiger partial charge in [-0.2, -0.15) is 4.98 Å². The summed E-state index contributed by atoms with van der Waals surface area (Å²) in [5, 5.41) is 4.14. The molecule has 136 valence electrons. The Morgan fingerprint density at radius 3 is 2.32 bits per heavy atom. The highest BCUT2D eigenvalue weighted by Gasteiger charge is 2.36. The summed E-state index contributed by atoms with van der Waals surface area (Å²) in [6, 6.07) is 3.61. The van der Waals surface area contributed by atoms with Gasteiger partial charge in [-0.25, -0.2) is 0 Å². The molecule has 1 aromatic carbocycles. The molecule has 2 heterocycles. The minimum atomic E-state index is 0.105. The number of rotatable bonds is 6. The highest BCUT2D eigenvalue weighted by molar-refractivity contribution is 5.66. The normalized spacial score (nSPS) is 20.1.